The molecular formula is C18H22O5. The molecule has 0 radical (unpaired) electrons. The highest BCUT2D eigenvalue weighted by Gasteiger charge is 2.10. The first-order chi connectivity index (χ1) is 10.8. The Labute approximate surface area is 136 Å². The summed E-state index contributed by atoms with van der Waals surface area (Å²) in [6.07, 6.45) is 3.69. The quantitative estimate of drug-likeness (QED) is 0.616. The number of methoxy groups -OCH3 is 1. The van der Waals surface area contributed by atoms with Crippen LogP contribution in [0, 0.1) is 0 Å². The normalized spacial score (nSPS) is 10.9. The fourth-order valence-corrected chi connectivity index (χ4v) is 1.85. The Morgan fingerprint density at radius 2 is 1.87 bits per heavy atom. The number of ketones is 1. The molecule has 5 nitrogen and oxygen atoms in total. The Morgan fingerprint density at radius 3 is 2.43 bits per heavy atom. The summed E-state index contributed by atoms with van der Waals surface area (Å²) in [5.74, 6) is -0.424. The maximum absolute atomic E-state index is 11.6. The van der Waals surface area contributed by atoms with E-state index in [0.717, 1.165) is 11.1 Å². The summed E-state index contributed by atoms with van der Waals surface area (Å²) in [5.41, 5.74) is 2.09. The van der Waals surface area contributed by atoms with Crippen molar-refractivity contribution in [3.8, 4) is 11.5 Å². The minimum absolute atomic E-state index is 0.0484. The van der Waals surface area contributed by atoms with Crippen LogP contribution in [0.3, 0.4) is 0 Å². The first-order valence-corrected chi connectivity index (χ1v) is 7.23. The molecule has 0 amide bonds. The van der Waals surface area contributed by atoms with Gasteiger partial charge >= 0.3 is 5.97 Å². The average molecular weight is 318 g/mol. The summed E-state index contributed by atoms with van der Waals surface area (Å²) in [6, 6.07) is 4.32. The molecule has 0 fully saturated rings. The van der Waals surface area contributed by atoms with Crippen LogP contribution >= 0.6 is 0 Å². The molecule has 0 bridgehead atoms. The highest BCUT2D eigenvalue weighted by Crippen LogP contribution is 2.27. The van der Waals surface area contributed by atoms with Crippen LogP contribution in [-0.4, -0.2) is 30.6 Å². The zero-order chi connectivity index (χ0) is 17.4. The number of benzene rings is 1. The number of rotatable bonds is 7. The van der Waals surface area contributed by atoms with Crippen LogP contribution in [0.4, 0.5) is 0 Å². The molecule has 0 unspecified atom stereocenters. The van der Waals surface area contributed by atoms with E-state index in [1.807, 2.05) is 20.8 Å². The first kappa shape index (κ1) is 18.5. The third-order valence-corrected chi connectivity index (χ3v) is 2.95. The predicted molar refractivity (Wildman–Crippen MR) is 87.8 cm³/mol. The number of carbonyl (C=O) groups excluding carboxylic acids is 2. The standard InChI is InChI=1S/C18H22O5/c1-12(2)9-15(19)10-13(3)7-8-23-17-6-5-14(11-16(17)20)18(21)22-4/h5-6,9-11,20H,7-8H2,1-4H3/b13-10+. The summed E-state index contributed by atoms with van der Waals surface area (Å²) >= 11 is 0. The SMILES string of the molecule is COC(=O)c1ccc(OCC/C(C)=C/C(=O)C=C(C)C)c(O)c1. The lowest BCUT2D eigenvalue weighted by Gasteiger charge is -2.09. The molecule has 0 saturated carbocycles. The molecule has 1 N–H and O–H groups in total. The molecule has 0 spiro atoms. The molecule has 0 aliphatic rings. The second kappa shape index (κ2) is 8.78. The van der Waals surface area contributed by atoms with Crippen molar-refractivity contribution in [3.05, 3.63) is 47.1 Å². The van der Waals surface area contributed by atoms with Gasteiger partial charge in [-0.25, -0.2) is 4.79 Å². The molecule has 23 heavy (non-hydrogen) atoms. The molecule has 0 aliphatic heterocycles. The highest BCUT2D eigenvalue weighted by atomic mass is 16.5. The number of allylic oxidation sites excluding steroid dienone is 3. The Bertz CT molecular complexity index is 637. The molecule has 0 atom stereocenters. The van der Waals surface area contributed by atoms with Crippen LogP contribution in [0.15, 0.2) is 41.5 Å². The van der Waals surface area contributed by atoms with E-state index in [0.29, 0.717) is 13.0 Å². The zero-order valence-corrected chi connectivity index (χ0v) is 13.9. The lowest BCUT2D eigenvalue weighted by molar-refractivity contribution is -0.110. The minimum Gasteiger partial charge on any atom is -0.504 e. The predicted octanol–water partition coefficient (Wildman–Crippen LogP) is 3.43. The molecule has 5 heteroatoms. The van der Waals surface area contributed by atoms with E-state index in [4.69, 9.17) is 4.74 Å². The second-order valence-corrected chi connectivity index (χ2v) is 5.39. The topological polar surface area (TPSA) is 72.8 Å². The minimum atomic E-state index is -0.525. The molecule has 0 heterocycles. The number of phenols is 1. The van der Waals surface area contributed by atoms with Gasteiger partial charge in [0.2, 0.25) is 0 Å². The number of phenolic OH excluding ortho intramolecular Hbond substituents is 1. The van der Waals surface area contributed by atoms with E-state index in [1.54, 1.807) is 12.2 Å². The van der Waals surface area contributed by atoms with Crippen molar-refractivity contribution in [1.82, 2.24) is 0 Å². The van der Waals surface area contributed by atoms with E-state index in [9.17, 15) is 14.7 Å². The zero-order valence-electron chi connectivity index (χ0n) is 13.9. The van der Waals surface area contributed by atoms with Crippen LogP contribution in [-0.2, 0) is 9.53 Å². The molecule has 0 aliphatic carbocycles. The molecule has 1 rings (SSSR count). The van der Waals surface area contributed by atoms with Gasteiger partial charge in [-0.1, -0.05) is 11.1 Å². The summed E-state index contributed by atoms with van der Waals surface area (Å²) in [4.78, 5) is 22.9. The maximum Gasteiger partial charge on any atom is 0.337 e. The number of ether oxygens (including phenoxy) is 2. The van der Waals surface area contributed by atoms with Crippen molar-refractivity contribution in [2.45, 2.75) is 27.2 Å². The van der Waals surface area contributed by atoms with Crippen molar-refractivity contribution in [2.24, 2.45) is 0 Å². The Morgan fingerprint density at radius 1 is 1.17 bits per heavy atom. The third kappa shape index (κ3) is 6.38. The third-order valence-electron chi connectivity index (χ3n) is 2.95. The van der Waals surface area contributed by atoms with Gasteiger partial charge in [0.1, 0.15) is 0 Å². The van der Waals surface area contributed by atoms with E-state index in [1.165, 1.54) is 25.3 Å². The largest absolute Gasteiger partial charge is 0.504 e. The van der Waals surface area contributed by atoms with E-state index in [-0.39, 0.29) is 22.8 Å². The Hall–Kier alpha value is -2.56. The van der Waals surface area contributed by atoms with Crippen molar-refractivity contribution < 1.29 is 24.2 Å². The van der Waals surface area contributed by atoms with Crippen molar-refractivity contribution >= 4 is 11.8 Å². The van der Waals surface area contributed by atoms with Gasteiger partial charge in [-0.3, -0.25) is 4.79 Å². The van der Waals surface area contributed by atoms with E-state index < -0.39 is 5.97 Å². The van der Waals surface area contributed by atoms with Gasteiger partial charge in [0.05, 0.1) is 19.3 Å². The number of esters is 1. The summed E-state index contributed by atoms with van der Waals surface area (Å²) < 4.78 is 10.0. The van der Waals surface area contributed by atoms with E-state index in [2.05, 4.69) is 4.74 Å². The molecule has 1 aromatic rings. The molecular weight excluding hydrogens is 296 g/mol. The fourth-order valence-electron chi connectivity index (χ4n) is 1.85. The summed E-state index contributed by atoms with van der Waals surface area (Å²) in [5, 5.41) is 9.84. The fraction of sp³-hybridized carbons (Fsp3) is 0.333. The van der Waals surface area contributed by atoms with Crippen LogP contribution in [0.1, 0.15) is 37.6 Å². The molecule has 1 aromatic carbocycles. The number of hydrogen-bond acceptors (Lipinski definition) is 5. The van der Waals surface area contributed by atoms with Crippen LogP contribution < -0.4 is 4.74 Å². The lowest BCUT2D eigenvalue weighted by atomic mass is 10.1. The number of carbonyl (C=O) groups is 2. The van der Waals surface area contributed by atoms with Gasteiger partial charge in [-0.15, -0.1) is 0 Å². The smallest absolute Gasteiger partial charge is 0.337 e. The summed E-state index contributed by atoms with van der Waals surface area (Å²) in [6.45, 7) is 5.89. The van der Waals surface area contributed by atoms with Gasteiger partial charge in [-0.2, -0.15) is 0 Å². The van der Waals surface area contributed by atoms with Gasteiger partial charge < -0.3 is 14.6 Å². The van der Waals surface area contributed by atoms with Crippen LogP contribution in [0.25, 0.3) is 0 Å². The van der Waals surface area contributed by atoms with Gasteiger partial charge in [0.15, 0.2) is 17.3 Å². The van der Waals surface area contributed by atoms with Crippen molar-refractivity contribution in [2.75, 3.05) is 13.7 Å². The van der Waals surface area contributed by atoms with Crippen LogP contribution in [0.2, 0.25) is 0 Å². The second-order valence-electron chi connectivity index (χ2n) is 5.39. The summed E-state index contributed by atoms with van der Waals surface area (Å²) in [7, 11) is 1.27. The van der Waals surface area contributed by atoms with Crippen molar-refractivity contribution in [3.63, 3.8) is 0 Å². The molecule has 0 aromatic heterocycles. The van der Waals surface area contributed by atoms with Gasteiger partial charge in [0, 0.05) is 6.42 Å². The monoisotopic (exact) mass is 318 g/mol. The number of hydrogen-bond donors (Lipinski definition) is 1. The number of aromatic hydroxyl groups is 1. The maximum atomic E-state index is 11.6. The Kier molecular flexibility index (Phi) is 7.06. The van der Waals surface area contributed by atoms with Crippen LogP contribution in [0.5, 0.6) is 11.5 Å². The highest BCUT2D eigenvalue weighted by molar-refractivity contribution is 6.00. The van der Waals surface area contributed by atoms with Gasteiger partial charge in [-0.05, 0) is 51.1 Å². The van der Waals surface area contributed by atoms with Crippen molar-refractivity contribution in [1.29, 1.82) is 0 Å². The van der Waals surface area contributed by atoms with E-state index >= 15 is 0 Å². The first-order valence-electron chi connectivity index (χ1n) is 7.23. The van der Waals surface area contributed by atoms with Gasteiger partial charge in [0.25, 0.3) is 0 Å². The molecule has 124 valence electrons. The average Bonchev–Trinajstić information content (AvgIpc) is 2.46. The Balaban J connectivity index is 2.59. The lowest BCUT2D eigenvalue weighted by Crippen LogP contribution is -2.03. The molecule has 0 saturated heterocycles.